The molecule has 0 spiro atoms. The van der Waals surface area contributed by atoms with Gasteiger partial charge < -0.3 is 10.2 Å². The lowest BCUT2D eigenvalue weighted by Crippen LogP contribution is -2.50. The molecule has 1 unspecified atom stereocenters. The van der Waals surface area contributed by atoms with E-state index >= 15 is 0 Å². The Kier molecular flexibility index (Phi) is 7.10. The summed E-state index contributed by atoms with van der Waals surface area (Å²) in [6, 6.07) is 10.0. The van der Waals surface area contributed by atoms with Gasteiger partial charge in [0.25, 0.3) is 0 Å². The average molecular weight is 442 g/mol. The fraction of sp³-hybridized carbons (Fsp3) is 0.500. The molecule has 1 aromatic heterocycles. The number of nitrogens with zero attached hydrogens (tertiary/aromatic N) is 4. The number of carbonyl (C=O) groups excluding carboxylic acids is 1. The molecule has 2 aromatic rings. The van der Waals surface area contributed by atoms with Crippen molar-refractivity contribution in [2.75, 3.05) is 42.9 Å². The molecule has 4 rings (SSSR count). The van der Waals surface area contributed by atoms with Crippen LogP contribution in [0, 0.1) is 0 Å². The van der Waals surface area contributed by atoms with E-state index in [1.807, 2.05) is 30.3 Å². The van der Waals surface area contributed by atoms with Gasteiger partial charge in [-0.3, -0.25) is 14.6 Å². The molecule has 0 saturated carbocycles. The minimum atomic E-state index is 0.0404. The van der Waals surface area contributed by atoms with Gasteiger partial charge in [0.1, 0.15) is 0 Å². The Morgan fingerprint density at radius 1 is 1.26 bits per heavy atom. The molecule has 0 radical (unpaired) electrons. The Morgan fingerprint density at radius 2 is 2.10 bits per heavy atom. The second kappa shape index (κ2) is 9.98. The summed E-state index contributed by atoms with van der Waals surface area (Å²) in [5.74, 6) is 0.685. The number of rotatable bonds is 6. The third-order valence-electron chi connectivity index (χ3n) is 6.46. The molecule has 1 aromatic carbocycles. The van der Waals surface area contributed by atoms with Crippen molar-refractivity contribution in [3.05, 3.63) is 47.1 Å². The van der Waals surface area contributed by atoms with E-state index in [2.05, 4.69) is 33.9 Å². The number of hydrogen-bond donors (Lipinski definition) is 1. The highest BCUT2D eigenvalue weighted by molar-refractivity contribution is 6.31. The SMILES string of the molecule is CCN(CC)CC1CCCCN1CC(=O)N1c2cc(Cl)ccc2CNc2cccnc21. The number of benzene rings is 1. The molecule has 0 aliphatic carbocycles. The van der Waals surface area contributed by atoms with Crippen LogP contribution in [0.1, 0.15) is 38.7 Å². The first-order valence-corrected chi connectivity index (χ1v) is 11.7. The summed E-state index contributed by atoms with van der Waals surface area (Å²) in [5.41, 5.74) is 2.72. The van der Waals surface area contributed by atoms with E-state index in [-0.39, 0.29) is 5.91 Å². The third kappa shape index (κ3) is 4.86. The summed E-state index contributed by atoms with van der Waals surface area (Å²) in [6.45, 7) is 9.47. The third-order valence-corrected chi connectivity index (χ3v) is 6.69. The number of amides is 1. The van der Waals surface area contributed by atoms with Gasteiger partial charge in [0.2, 0.25) is 5.91 Å². The molecule has 0 bridgehead atoms. The molecule has 166 valence electrons. The first-order chi connectivity index (χ1) is 15.1. The lowest BCUT2D eigenvalue weighted by Gasteiger charge is -2.38. The molecular formula is C24H32ClN5O. The maximum absolute atomic E-state index is 13.8. The monoisotopic (exact) mass is 441 g/mol. The predicted octanol–water partition coefficient (Wildman–Crippen LogP) is 4.52. The van der Waals surface area contributed by atoms with Crippen LogP contribution in [0.25, 0.3) is 0 Å². The minimum Gasteiger partial charge on any atom is -0.378 e. The molecule has 1 atom stereocenters. The van der Waals surface area contributed by atoms with Crippen molar-refractivity contribution in [3.63, 3.8) is 0 Å². The van der Waals surface area contributed by atoms with Crippen molar-refractivity contribution in [2.45, 2.75) is 45.7 Å². The van der Waals surface area contributed by atoms with Crippen LogP contribution in [0.15, 0.2) is 36.5 Å². The van der Waals surface area contributed by atoms with Crippen LogP contribution in [-0.4, -0.2) is 59.5 Å². The molecule has 3 heterocycles. The standard InChI is InChI=1S/C24H32ClN5O/c1-3-28(4-2)16-20-8-5-6-13-29(20)17-23(31)30-22-14-19(25)11-10-18(22)15-27-21-9-7-12-26-24(21)30/h7,9-12,14,20,27H,3-6,8,13,15-17H2,1-2H3. The van der Waals surface area contributed by atoms with Crippen molar-refractivity contribution in [1.82, 2.24) is 14.8 Å². The van der Waals surface area contributed by atoms with Crippen molar-refractivity contribution in [2.24, 2.45) is 0 Å². The highest BCUT2D eigenvalue weighted by Gasteiger charge is 2.31. The highest BCUT2D eigenvalue weighted by Crippen LogP contribution is 2.37. The summed E-state index contributed by atoms with van der Waals surface area (Å²) in [5, 5.41) is 4.04. The lowest BCUT2D eigenvalue weighted by molar-refractivity contribution is -0.120. The number of hydrogen-bond acceptors (Lipinski definition) is 5. The van der Waals surface area contributed by atoms with Crippen LogP contribution in [0.3, 0.4) is 0 Å². The molecular weight excluding hydrogens is 410 g/mol. The van der Waals surface area contributed by atoms with Crippen molar-refractivity contribution >= 4 is 34.7 Å². The predicted molar refractivity (Wildman–Crippen MR) is 127 cm³/mol. The number of aromatic nitrogens is 1. The van der Waals surface area contributed by atoms with Gasteiger partial charge in [0.05, 0.1) is 17.9 Å². The Balaban J connectivity index is 1.63. The lowest BCUT2D eigenvalue weighted by atomic mass is 10.0. The molecule has 1 amide bonds. The quantitative estimate of drug-likeness (QED) is 0.714. The van der Waals surface area contributed by atoms with E-state index in [9.17, 15) is 4.79 Å². The first kappa shape index (κ1) is 22.1. The number of carbonyl (C=O) groups is 1. The van der Waals surface area contributed by atoms with Crippen LogP contribution in [0.2, 0.25) is 5.02 Å². The van der Waals surface area contributed by atoms with Crippen molar-refractivity contribution < 1.29 is 4.79 Å². The molecule has 1 saturated heterocycles. The van der Waals surface area contributed by atoms with E-state index < -0.39 is 0 Å². The summed E-state index contributed by atoms with van der Waals surface area (Å²) in [4.78, 5) is 24.9. The minimum absolute atomic E-state index is 0.0404. The Labute approximate surface area is 190 Å². The largest absolute Gasteiger partial charge is 0.378 e. The Morgan fingerprint density at radius 3 is 2.90 bits per heavy atom. The van der Waals surface area contributed by atoms with Gasteiger partial charge in [-0.1, -0.05) is 37.9 Å². The Bertz CT molecular complexity index is 917. The summed E-state index contributed by atoms with van der Waals surface area (Å²) in [6.07, 6.45) is 5.25. The Hall–Kier alpha value is -2.15. The molecule has 7 heteroatoms. The van der Waals surface area contributed by atoms with Gasteiger partial charge in [-0.2, -0.15) is 0 Å². The van der Waals surface area contributed by atoms with Gasteiger partial charge in [0, 0.05) is 30.4 Å². The van der Waals surface area contributed by atoms with Gasteiger partial charge in [-0.05, 0) is 62.3 Å². The summed E-state index contributed by atoms with van der Waals surface area (Å²) >= 11 is 6.34. The van der Waals surface area contributed by atoms with E-state index in [1.54, 1.807) is 11.1 Å². The zero-order valence-corrected chi connectivity index (χ0v) is 19.2. The highest BCUT2D eigenvalue weighted by atomic mass is 35.5. The van der Waals surface area contributed by atoms with Crippen LogP contribution >= 0.6 is 11.6 Å². The second-order valence-corrected chi connectivity index (χ2v) is 8.77. The molecule has 31 heavy (non-hydrogen) atoms. The van der Waals surface area contributed by atoms with Crippen molar-refractivity contribution in [1.29, 1.82) is 0 Å². The summed E-state index contributed by atoms with van der Waals surface area (Å²) in [7, 11) is 0. The van der Waals surface area contributed by atoms with E-state index in [0.717, 1.165) is 56.0 Å². The van der Waals surface area contributed by atoms with Crippen LogP contribution in [0.4, 0.5) is 17.2 Å². The zero-order chi connectivity index (χ0) is 21.8. The van der Waals surface area contributed by atoms with Crippen LogP contribution < -0.4 is 10.2 Å². The molecule has 6 nitrogen and oxygen atoms in total. The number of halogens is 1. The number of likely N-dealkylation sites (tertiary alicyclic amines) is 1. The molecule has 1 fully saturated rings. The van der Waals surface area contributed by atoms with Gasteiger partial charge >= 0.3 is 0 Å². The van der Waals surface area contributed by atoms with E-state index in [0.29, 0.717) is 30.0 Å². The number of nitrogens with one attached hydrogen (secondary N) is 1. The van der Waals surface area contributed by atoms with Gasteiger partial charge in [-0.25, -0.2) is 4.98 Å². The maximum atomic E-state index is 13.8. The smallest absolute Gasteiger partial charge is 0.246 e. The number of pyridine rings is 1. The number of fused-ring (bicyclic) bond motifs is 2. The summed E-state index contributed by atoms with van der Waals surface area (Å²) < 4.78 is 0. The normalized spacial score (nSPS) is 18.8. The fourth-order valence-corrected chi connectivity index (χ4v) is 4.83. The maximum Gasteiger partial charge on any atom is 0.246 e. The number of likely N-dealkylation sites (N-methyl/N-ethyl adjacent to an activating group) is 1. The average Bonchev–Trinajstić information content (AvgIpc) is 2.95. The fourth-order valence-electron chi connectivity index (χ4n) is 4.66. The van der Waals surface area contributed by atoms with Gasteiger partial charge in [0.15, 0.2) is 5.82 Å². The van der Waals surface area contributed by atoms with Crippen LogP contribution in [-0.2, 0) is 11.3 Å². The topological polar surface area (TPSA) is 51.7 Å². The molecule has 2 aliphatic heterocycles. The van der Waals surface area contributed by atoms with E-state index in [1.165, 1.54) is 6.42 Å². The number of piperidine rings is 1. The first-order valence-electron chi connectivity index (χ1n) is 11.4. The number of anilines is 3. The molecule has 2 aliphatic rings. The zero-order valence-electron chi connectivity index (χ0n) is 18.5. The second-order valence-electron chi connectivity index (χ2n) is 8.34. The van der Waals surface area contributed by atoms with Crippen LogP contribution in [0.5, 0.6) is 0 Å². The van der Waals surface area contributed by atoms with Crippen molar-refractivity contribution in [3.8, 4) is 0 Å². The van der Waals surface area contributed by atoms with E-state index in [4.69, 9.17) is 11.6 Å². The molecule has 1 N–H and O–H groups in total. The van der Waals surface area contributed by atoms with Gasteiger partial charge in [-0.15, -0.1) is 0 Å².